The number of aliphatic hydroxyl groups is 1. The number of rotatable bonds is 12. The molecule has 184 valence electrons. The van der Waals surface area contributed by atoms with Crippen molar-refractivity contribution >= 4 is 27.9 Å². The van der Waals surface area contributed by atoms with Gasteiger partial charge in [-0.2, -0.15) is 0 Å². The van der Waals surface area contributed by atoms with Crippen molar-refractivity contribution in [1.82, 2.24) is 10.6 Å². The van der Waals surface area contributed by atoms with Gasteiger partial charge >= 0.3 is 35.7 Å². The van der Waals surface area contributed by atoms with Crippen LogP contribution in [0, 0.1) is 17.8 Å². The van der Waals surface area contributed by atoms with E-state index in [1.807, 2.05) is 19.9 Å². The minimum absolute atomic E-state index is 0. The molecule has 3 N–H and O–H groups in total. The number of carbonyl (C=O) groups excluding carboxylic acids is 3. The van der Waals surface area contributed by atoms with Crippen molar-refractivity contribution in [2.24, 2.45) is 17.8 Å². The Bertz CT molecular complexity index is 926. The first-order chi connectivity index (χ1) is 15.5. The Labute approximate surface area is 222 Å². The Morgan fingerprint density at radius 3 is 2.44 bits per heavy atom. The van der Waals surface area contributed by atoms with E-state index in [4.69, 9.17) is 4.74 Å². The van der Waals surface area contributed by atoms with Gasteiger partial charge in [0.2, 0.25) is 5.91 Å². The van der Waals surface area contributed by atoms with Gasteiger partial charge in [0.05, 0.1) is 6.04 Å². The predicted molar refractivity (Wildman–Crippen MR) is 118 cm³/mol. The SMILES string of the molecule is CC(C)C[C@H](NC(=O)OCc1ccccc1)C(=O)C[C@@H](C[C@@H]1CCNC1=O)C(O)S(=O)(=O)[O-].[Na+]. The number of benzene rings is 1. The smallest absolute Gasteiger partial charge is 0.746 e. The van der Waals surface area contributed by atoms with Crippen molar-refractivity contribution in [3.05, 3.63) is 35.9 Å². The third-order valence-corrected chi connectivity index (χ3v) is 6.49. The molecule has 1 saturated heterocycles. The number of nitrogens with one attached hydrogen (secondary N) is 2. The molecule has 1 heterocycles. The van der Waals surface area contributed by atoms with Gasteiger partial charge < -0.3 is 25.0 Å². The van der Waals surface area contributed by atoms with E-state index < -0.39 is 51.7 Å². The molecule has 1 unspecified atom stereocenters. The van der Waals surface area contributed by atoms with Gasteiger partial charge in [-0.05, 0) is 30.7 Å². The Balaban J connectivity index is 0.00000578. The average Bonchev–Trinajstić information content (AvgIpc) is 3.14. The average molecular weight is 507 g/mol. The van der Waals surface area contributed by atoms with Crippen LogP contribution in [0.1, 0.15) is 45.1 Å². The maximum absolute atomic E-state index is 13.0. The number of aliphatic hydroxyl groups excluding tert-OH is 1. The van der Waals surface area contributed by atoms with Crippen LogP contribution in [0.2, 0.25) is 0 Å². The van der Waals surface area contributed by atoms with Crippen molar-refractivity contribution in [1.29, 1.82) is 0 Å². The number of amides is 2. The molecule has 0 bridgehead atoms. The zero-order chi connectivity index (χ0) is 24.6. The summed E-state index contributed by atoms with van der Waals surface area (Å²) in [6.07, 6.45) is -0.776. The Hall–Kier alpha value is -1.50. The molecule has 1 fully saturated rings. The summed E-state index contributed by atoms with van der Waals surface area (Å²) in [6, 6.07) is 7.96. The van der Waals surface area contributed by atoms with E-state index in [1.165, 1.54) is 0 Å². The van der Waals surface area contributed by atoms with Gasteiger partial charge in [-0.3, -0.25) is 9.59 Å². The zero-order valence-electron chi connectivity index (χ0n) is 19.7. The zero-order valence-corrected chi connectivity index (χ0v) is 22.5. The number of Topliss-reactive ketones (excluding diaryl/α,β-unsaturated/α-hetero) is 1. The van der Waals surface area contributed by atoms with E-state index in [2.05, 4.69) is 10.6 Å². The van der Waals surface area contributed by atoms with Crippen LogP contribution in [0.3, 0.4) is 0 Å². The fourth-order valence-corrected chi connectivity index (χ4v) is 4.50. The summed E-state index contributed by atoms with van der Waals surface area (Å²) in [4.78, 5) is 37.2. The second kappa shape index (κ2) is 14.2. The predicted octanol–water partition coefficient (Wildman–Crippen LogP) is -1.70. The van der Waals surface area contributed by atoms with Crippen molar-refractivity contribution in [2.75, 3.05) is 6.54 Å². The second-order valence-corrected chi connectivity index (χ2v) is 10.2. The van der Waals surface area contributed by atoms with Crippen LogP contribution in [-0.4, -0.2) is 53.9 Å². The van der Waals surface area contributed by atoms with E-state index >= 15 is 0 Å². The van der Waals surface area contributed by atoms with Gasteiger partial charge in [-0.25, -0.2) is 13.2 Å². The first kappa shape index (κ1) is 30.5. The van der Waals surface area contributed by atoms with Crippen LogP contribution in [0.5, 0.6) is 0 Å². The van der Waals surface area contributed by atoms with Crippen LogP contribution in [0.25, 0.3) is 0 Å². The summed E-state index contributed by atoms with van der Waals surface area (Å²) >= 11 is 0. The molecule has 12 heteroatoms. The molecular weight excluding hydrogens is 475 g/mol. The molecule has 4 atom stereocenters. The van der Waals surface area contributed by atoms with Gasteiger partial charge in [0.25, 0.3) is 0 Å². The van der Waals surface area contributed by atoms with Gasteiger partial charge in [0.15, 0.2) is 5.78 Å². The summed E-state index contributed by atoms with van der Waals surface area (Å²) < 4.78 is 39.5. The van der Waals surface area contributed by atoms with E-state index in [1.54, 1.807) is 24.3 Å². The maximum atomic E-state index is 13.0. The molecule has 2 rings (SSSR count). The van der Waals surface area contributed by atoms with Gasteiger partial charge in [-0.15, -0.1) is 0 Å². The molecule has 1 aromatic carbocycles. The molecule has 10 nitrogen and oxygen atoms in total. The molecule has 34 heavy (non-hydrogen) atoms. The molecule has 0 radical (unpaired) electrons. The quantitative estimate of drug-likeness (QED) is 0.223. The molecule has 0 aliphatic carbocycles. The largest absolute Gasteiger partial charge is 1.00 e. The Kier molecular flexibility index (Phi) is 12.7. The molecule has 1 aromatic rings. The minimum atomic E-state index is -5.11. The maximum Gasteiger partial charge on any atom is 1.00 e. The normalized spacial score (nSPS) is 18.4. The Morgan fingerprint density at radius 2 is 1.91 bits per heavy atom. The first-order valence-electron chi connectivity index (χ1n) is 10.9. The number of ether oxygens (including phenoxy) is 1. The third-order valence-electron chi connectivity index (χ3n) is 5.51. The molecule has 1 aliphatic heterocycles. The van der Waals surface area contributed by atoms with E-state index in [9.17, 15) is 32.5 Å². The molecule has 0 spiro atoms. The molecule has 2 amide bonds. The standard InChI is InChI=1S/C22H32N2O8S.Na/c1-14(2)10-18(24-22(28)32-13-15-6-4-3-5-7-15)19(25)12-17(21(27)33(29,30)31)11-16-8-9-23-20(16)26;/h3-7,14,16-18,21,27H,8-13H2,1-2H3,(H,23,26)(H,24,28)(H,29,30,31);/q;+1/p-1/t16-,17+,18-,21?;/m0./s1. The monoisotopic (exact) mass is 506 g/mol. The second-order valence-electron chi connectivity index (χ2n) is 8.71. The summed E-state index contributed by atoms with van der Waals surface area (Å²) in [7, 11) is -5.11. The van der Waals surface area contributed by atoms with Crippen LogP contribution in [-0.2, 0) is 31.1 Å². The van der Waals surface area contributed by atoms with E-state index in [0.717, 1.165) is 5.56 Å². The molecule has 1 aliphatic rings. The van der Waals surface area contributed by atoms with Crippen molar-refractivity contribution in [2.45, 2.75) is 57.6 Å². The molecular formula is C22H31N2NaO8S. The fraction of sp³-hybridized carbons (Fsp3) is 0.591. The number of ketones is 1. The van der Waals surface area contributed by atoms with Gasteiger partial charge in [-0.1, -0.05) is 44.2 Å². The summed E-state index contributed by atoms with van der Waals surface area (Å²) in [5.74, 6) is -2.74. The molecule has 0 saturated carbocycles. The van der Waals surface area contributed by atoms with Crippen LogP contribution in [0.4, 0.5) is 4.79 Å². The summed E-state index contributed by atoms with van der Waals surface area (Å²) in [5.41, 5.74) is -1.57. The van der Waals surface area contributed by atoms with E-state index in [-0.39, 0.29) is 60.8 Å². The van der Waals surface area contributed by atoms with Crippen LogP contribution >= 0.6 is 0 Å². The van der Waals surface area contributed by atoms with Crippen LogP contribution < -0.4 is 40.2 Å². The molecule has 0 aromatic heterocycles. The Morgan fingerprint density at radius 1 is 1.26 bits per heavy atom. The number of carbonyl (C=O) groups is 3. The number of hydrogen-bond donors (Lipinski definition) is 3. The number of hydrogen-bond acceptors (Lipinski definition) is 8. The summed E-state index contributed by atoms with van der Waals surface area (Å²) in [6.45, 7) is 4.08. The third kappa shape index (κ3) is 10.0. The summed E-state index contributed by atoms with van der Waals surface area (Å²) in [5, 5.41) is 15.2. The fourth-order valence-electron chi connectivity index (χ4n) is 3.82. The minimum Gasteiger partial charge on any atom is -0.746 e. The van der Waals surface area contributed by atoms with Crippen LogP contribution in [0.15, 0.2) is 30.3 Å². The van der Waals surface area contributed by atoms with Crippen molar-refractivity contribution in [3.8, 4) is 0 Å². The topological polar surface area (TPSA) is 162 Å². The van der Waals surface area contributed by atoms with E-state index in [0.29, 0.717) is 13.0 Å². The van der Waals surface area contributed by atoms with Gasteiger partial charge in [0.1, 0.15) is 22.2 Å². The number of alkyl carbamates (subject to hydrolysis) is 1. The van der Waals surface area contributed by atoms with Gasteiger partial charge in [0, 0.05) is 24.8 Å². The van der Waals surface area contributed by atoms with Crippen molar-refractivity contribution < 1.29 is 66.8 Å². The first-order valence-corrected chi connectivity index (χ1v) is 12.3. The van der Waals surface area contributed by atoms with Crippen molar-refractivity contribution in [3.63, 3.8) is 0 Å².